The second kappa shape index (κ2) is 7.65. The minimum absolute atomic E-state index is 0.00906. The lowest BCUT2D eigenvalue weighted by atomic mass is 10.1. The van der Waals surface area contributed by atoms with Crippen molar-refractivity contribution >= 4 is 15.9 Å². The lowest BCUT2D eigenvalue weighted by molar-refractivity contribution is -0.141. The van der Waals surface area contributed by atoms with Crippen molar-refractivity contribution in [3.8, 4) is 23.0 Å². The molecule has 0 amide bonds. The molecule has 0 spiro atoms. The highest BCUT2D eigenvalue weighted by Crippen LogP contribution is 2.39. The molecule has 0 N–H and O–H groups in total. The van der Waals surface area contributed by atoms with Crippen molar-refractivity contribution in [2.24, 2.45) is 0 Å². The summed E-state index contributed by atoms with van der Waals surface area (Å²) >= 11 is 3.07. The van der Waals surface area contributed by atoms with E-state index in [0.717, 1.165) is 22.8 Å². The van der Waals surface area contributed by atoms with E-state index in [2.05, 4.69) is 30.9 Å². The molecule has 3 aromatic rings. The van der Waals surface area contributed by atoms with Crippen molar-refractivity contribution in [1.29, 1.82) is 0 Å². The van der Waals surface area contributed by atoms with Gasteiger partial charge < -0.3 is 4.74 Å². The minimum Gasteiger partial charge on any atom is -0.493 e. The Bertz CT molecular complexity index is 1030. The van der Waals surface area contributed by atoms with E-state index in [1.165, 1.54) is 19.4 Å². The van der Waals surface area contributed by atoms with Crippen molar-refractivity contribution in [1.82, 2.24) is 19.5 Å². The van der Waals surface area contributed by atoms with Crippen LogP contribution in [0.2, 0.25) is 0 Å². The standard InChI is InChI=1S/C17H11BrF6N4O/c1-2-29-12-5-9(3-4-10(12)16(19,20)21)11-6-13(17(22,23)24)27-15(26-11)28-7-14(18)25-8-28/h3-8H,2H2,1H3. The van der Waals surface area contributed by atoms with E-state index < -0.39 is 29.4 Å². The van der Waals surface area contributed by atoms with Crippen molar-refractivity contribution in [2.45, 2.75) is 19.3 Å². The summed E-state index contributed by atoms with van der Waals surface area (Å²) in [4.78, 5) is 11.4. The first kappa shape index (κ1) is 21.1. The molecule has 0 saturated carbocycles. The van der Waals surface area contributed by atoms with Gasteiger partial charge in [0.1, 0.15) is 16.7 Å². The zero-order valence-electron chi connectivity index (χ0n) is 14.5. The van der Waals surface area contributed by atoms with Gasteiger partial charge in [0, 0.05) is 11.8 Å². The molecule has 5 nitrogen and oxygen atoms in total. The fourth-order valence-corrected chi connectivity index (χ4v) is 2.75. The zero-order chi connectivity index (χ0) is 21.4. The Morgan fingerprint density at radius 2 is 1.76 bits per heavy atom. The Morgan fingerprint density at radius 3 is 2.31 bits per heavy atom. The first-order valence-electron chi connectivity index (χ1n) is 7.99. The maximum atomic E-state index is 13.3. The summed E-state index contributed by atoms with van der Waals surface area (Å²) in [7, 11) is 0. The van der Waals surface area contributed by atoms with E-state index in [1.54, 1.807) is 0 Å². The molecule has 12 heteroatoms. The third kappa shape index (κ3) is 4.69. The van der Waals surface area contributed by atoms with Crippen LogP contribution in [0.5, 0.6) is 5.75 Å². The highest BCUT2D eigenvalue weighted by Gasteiger charge is 2.36. The number of nitrogens with zero attached hydrogens (tertiary/aromatic N) is 4. The number of imidazole rings is 1. The summed E-state index contributed by atoms with van der Waals surface area (Å²) in [5.74, 6) is -0.845. The zero-order valence-corrected chi connectivity index (χ0v) is 16.1. The van der Waals surface area contributed by atoms with Gasteiger partial charge in [-0.1, -0.05) is 6.07 Å². The Kier molecular flexibility index (Phi) is 5.57. The lowest BCUT2D eigenvalue weighted by Gasteiger charge is -2.15. The van der Waals surface area contributed by atoms with Gasteiger partial charge in [0.2, 0.25) is 5.95 Å². The van der Waals surface area contributed by atoms with E-state index in [-0.39, 0.29) is 23.8 Å². The Balaban J connectivity index is 2.18. The predicted octanol–water partition coefficient (Wildman–Crippen LogP) is 5.53. The van der Waals surface area contributed by atoms with Gasteiger partial charge in [-0.2, -0.15) is 26.3 Å². The smallest absolute Gasteiger partial charge is 0.433 e. The van der Waals surface area contributed by atoms with E-state index in [1.807, 2.05) is 0 Å². The fraction of sp³-hybridized carbons (Fsp3) is 0.235. The normalized spacial score (nSPS) is 12.3. The van der Waals surface area contributed by atoms with Gasteiger partial charge >= 0.3 is 12.4 Å². The molecule has 154 valence electrons. The molecule has 0 bridgehead atoms. The lowest BCUT2D eigenvalue weighted by Crippen LogP contribution is -2.13. The third-order valence-corrected chi connectivity index (χ3v) is 4.08. The molecule has 0 aliphatic heterocycles. The number of hydrogen-bond donors (Lipinski definition) is 0. The summed E-state index contributed by atoms with van der Waals surface area (Å²) in [6.45, 7) is 1.44. The maximum absolute atomic E-state index is 13.3. The van der Waals surface area contributed by atoms with E-state index in [9.17, 15) is 26.3 Å². The molecule has 29 heavy (non-hydrogen) atoms. The molecule has 0 saturated heterocycles. The summed E-state index contributed by atoms with van der Waals surface area (Å²) in [6, 6.07) is 3.43. The van der Waals surface area contributed by atoms with E-state index in [0.29, 0.717) is 10.7 Å². The topological polar surface area (TPSA) is 52.8 Å². The van der Waals surface area contributed by atoms with Gasteiger partial charge in [-0.3, -0.25) is 4.57 Å². The molecule has 0 aliphatic carbocycles. The van der Waals surface area contributed by atoms with Gasteiger partial charge in [0.25, 0.3) is 0 Å². The molecule has 3 rings (SSSR count). The van der Waals surface area contributed by atoms with Crippen molar-refractivity contribution in [2.75, 3.05) is 6.61 Å². The average molecular weight is 481 g/mol. The van der Waals surface area contributed by atoms with E-state index >= 15 is 0 Å². The largest absolute Gasteiger partial charge is 0.493 e. The minimum atomic E-state index is -4.79. The molecule has 0 unspecified atom stereocenters. The first-order valence-corrected chi connectivity index (χ1v) is 8.79. The van der Waals surface area contributed by atoms with Crippen LogP contribution < -0.4 is 4.74 Å². The molecule has 0 aliphatic rings. The summed E-state index contributed by atoms with van der Waals surface area (Å²) in [5.41, 5.74) is -2.50. The van der Waals surface area contributed by atoms with Crippen LogP contribution in [0.1, 0.15) is 18.2 Å². The molecule has 2 heterocycles. The number of benzene rings is 1. The Morgan fingerprint density at radius 1 is 1.03 bits per heavy atom. The van der Waals surface area contributed by atoms with Crippen molar-refractivity contribution < 1.29 is 31.1 Å². The Labute approximate surface area is 168 Å². The SMILES string of the molecule is CCOc1cc(-c2cc(C(F)(F)F)nc(-n3cnc(Br)c3)n2)ccc1C(F)(F)F. The monoisotopic (exact) mass is 480 g/mol. The first-order chi connectivity index (χ1) is 13.5. The molecule has 0 fully saturated rings. The van der Waals surface area contributed by atoms with Gasteiger partial charge in [-0.25, -0.2) is 15.0 Å². The number of halogens is 7. The second-order valence-corrected chi connectivity index (χ2v) is 6.49. The van der Waals surface area contributed by atoms with E-state index in [4.69, 9.17) is 4.74 Å². The van der Waals surface area contributed by atoms with Crippen LogP contribution in [0.15, 0.2) is 41.4 Å². The third-order valence-electron chi connectivity index (χ3n) is 3.67. The van der Waals surface area contributed by atoms with Crippen LogP contribution in [0.25, 0.3) is 17.2 Å². The molecule has 2 aromatic heterocycles. The van der Waals surface area contributed by atoms with Gasteiger partial charge in [0.05, 0.1) is 17.9 Å². The van der Waals surface area contributed by atoms with Crippen LogP contribution in [-0.2, 0) is 12.4 Å². The van der Waals surface area contributed by atoms with Gasteiger partial charge in [0.15, 0.2) is 5.69 Å². The van der Waals surface area contributed by atoms with Crippen LogP contribution in [0.3, 0.4) is 0 Å². The van der Waals surface area contributed by atoms with Crippen molar-refractivity contribution in [3.63, 3.8) is 0 Å². The van der Waals surface area contributed by atoms with Crippen LogP contribution >= 0.6 is 15.9 Å². The molecule has 0 atom stereocenters. The van der Waals surface area contributed by atoms with Gasteiger partial charge in [-0.15, -0.1) is 0 Å². The number of ether oxygens (including phenoxy) is 1. The number of alkyl halides is 6. The fourth-order valence-electron chi connectivity index (χ4n) is 2.44. The number of hydrogen-bond acceptors (Lipinski definition) is 4. The highest BCUT2D eigenvalue weighted by atomic mass is 79.9. The maximum Gasteiger partial charge on any atom is 0.433 e. The van der Waals surface area contributed by atoms with Gasteiger partial charge in [-0.05, 0) is 41.1 Å². The summed E-state index contributed by atoms with van der Waals surface area (Å²) < 4.78 is 85.9. The number of aromatic nitrogens is 4. The summed E-state index contributed by atoms with van der Waals surface area (Å²) in [5, 5.41) is 0. The molecular weight excluding hydrogens is 470 g/mol. The van der Waals surface area contributed by atoms with Crippen molar-refractivity contribution in [3.05, 3.63) is 52.7 Å². The van der Waals surface area contributed by atoms with Crippen LogP contribution in [-0.4, -0.2) is 26.1 Å². The van der Waals surface area contributed by atoms with Crippen LogP contribution in [0.4, 0.5) is 26.3 Å². The predicted molar refractivity (Wildman–Crippen MR) is 93.5 cm³/mol. The quantitative estimate of drug-likeness (QED) is 0.461. The summed E-state index contributed by atoms with van der Waals surface area (Å²) in [6.07, 6.45) is -6.93. The average Bonchev–Trinajstić information content (AvgIpc) is 3.06. The number of rotatable bonds is 4. The second-order valence-electron chi connectivity index (χ2n) is 5.68. The molecule has 1 aromatic carbocycles. The Hall–Kier alpha value is -2.63. The molecule has 0 radical (unpaired) electrons. The highest BCUT2D eigenvalue weighted by molar-refractivity contribution is 9.10. The molecular formula is C17H11BrF6N4O. The van der Waals surface area contributed by atoms with Crippen LogP contribution in [0, 0.1) is 0 Å².